The van der Waals surface area contributed by atoms with Crippen molar-refractivity contribution in [1.29, 1.82) is 26.9 Å². The van der Waals surface area contributed by atoms with Crippen LogP contribution in [0, 0.1) is 53.2 Å². The lowest BCUT2D eigenvalue weighted by molar-refractivity contribution is -0.392. The first kappa shape index (κ1) is 55.7. The van der Waals surface area contributed by atoms with Gasteiger partial charge >= 0.3 is 11.4 Å². The van der Waals surface area contributed by atoms with E-state index in [0.717, 1.165) is 0 Å². The SMILES string of the molecule is CN(C)c1ccc(CN(c2c([N+](=O)[O-])cc(C#N)cc2[N+](=O)[O-])C(O)C(=O)NC(C(=O)NC(NC(=N)N)C(=O)NC(NC(=N)N)C(=O)NC(NC(=N)N)C(=O)NC(NC(=N)N)C(N)=O)c2ccccc2)cc1. The zero-order chi connectivity index (χ0) is 54.1. The predicted molar refractivity (Wildman–Crippen MR) is 252 cm³/mol. The maximum absolute atomic E-state index is 14.2. The van der Waals surface area contributed by atoms with Gasteiger partial charge in [0.25, 0.3) is 29.5 Å². The summed E-state index contributed by atoms with van der Waals surface area (Å²) in [5, 5.41) is 95.1. The standard InChI is InChI=1S/C38H49N23O11/c1-58(2)19-10-8-16(9-11-19)15-59(23-20(60(69)70)12-17(14-39)13-21(23)61(71)72)34(68)33(67)49-22(18-6-4-3-5-7-18)29(63)51-26(55-36(43)44)31(65)53-28(57-38(47)48)32(66)52-27(56-37(45)46)30(64)50-25(24(40)62)54-35(41)42/h3-13,22,25-28,34,68H,15H2,1-2H3,(H2,40,62)(H,49,67)(H,50,64)(H,51,63)(H,52,66)(H,53,65)(H4,41,42,54)(H4,43,44,55)(H4,45,46,56)(H4,47,48,57). The molecule has 6 amide bonds. The van der Waals surface area contributed by atoms with Gasteiger partial charge in [-0.15, -0.1) is 0 Å². The fourth-order valence-corrected chi connectivity index (χ4v) is 6.13. The molecule has 24 N–H and O–H groups in total. The number of rotatable bonds is 23. The quantitative estimate of drug-likeness (QED) is 0.0138. The highest BCUT2D eigenvalue weighted by molar-refractivity contribution is 6.00. The van der Waals surface area contributed by atoms with Gasteiger partial charge in [0.05, 0.1) is 21.5 Å². The number of nitro groups is 2. The number of aliphatic hydroxyl groups excluding tert-OH is 1. The second-order valence-electron chi connectivity index (χ2n) is 14.8. The van der Waals surface area contributed by atoms with Crippen LogP contribution >= 0.6 is 0 Å². The maximum Gasteiger partial charge on any atom is 0.301 e. The van der Waals surface area contributed by atoms with Crippen LogP contribution in [0.3, 0.4) is 0 Å². The van der Waals surface area contributed by atoms with E-state index in [1.165, 1.54) is 42.5 Å². The minimum atomic E-state index is -2.61. The van der Waals surface area contributed by atoms with Gasteiger partial charge in [0.2, 0.25) is 12.1 Å². The molecule has 0 aliphatic rings. The van der Waals surface area contributed by atoms with Crippen molar-refractivity contribution in [2.45, 2.75) is 43.5 Å². The van der Waals surface area contributed by atoms with Crippen LogP contribution in [0.2, 0.25) is 0 Å². The highest BCUT2D eigenvalue weighted by Gasteiger charge is 2.39. The molecule has 0 fully saturated rings. The molecule has 72 heavy (non-hydrogen) atoms. The molecule has 6 atom stereocenters. The number of primary amides is 1. The Labute approximate surface area is 405 Å². The molecule has 0 saturated heterocycles. The number of hydrogen-bond acceptors (Lipinski definition) is 18. The number of guanidine groups is 4. The number of hydrogen-bond donors (Lipinski definition) is 19. The molecule has 382 valence electrons. The molecule has 3 aromatic carbocycles. The van der Waals surface area contributed by atoms with E-state index >= 15 is 0 Å². The minimum Gasteiger partial charge on any atom is -0.378 e. The largest absolute Gasteiger partial charge is 0.378 e. The minimum absolute atomic E-state index is 0.0615. The number of nitrogens with zero attached hydrogens (tertiary/aromatic N) is 5. The number of benzene rings is 3. The number of nitrogens with one attached hydrogen (secondary N) is 13. The topological polar surface area (TPSA) is 573 Å². The lowest BCUT2D eigenvalue weighted by Crippen LogP contribution is -2.68. The van der Waals surface area contributed by atoms with Crippen LogP contribution in [0.15, 0.2) is 66.7 Å². The summed E-state index contributed by atoms with van der Waals surface area (Å²) in [5.41, 5.74) is 24.0. The van der Waals surface area contributed by atoms with Gasteiger partial charge in [-0.25, -0.2) is 0 Å². The molecule has 0 aromatic heterocycles. The molecule has 3 aromatic rings. The van der Waals surface area contributed by atoms with E-state index in [0.29, 0.717) is 22.7 Å². The number of amides is 6. The van der Waals surface area contributed by atoms with Gasteiger partial charge in [0.15, 0.2) is 54.2 Å². The Morgan fingerprint density at radius 1 is 0.625 bits per heavy atom. The van der Waals surface area contributed by atoms with E-state index in [4.69, 9.17) is 50.3 Å². The number of nitro benzene ring substituents is 2. The second-order valence-corrected chi connectivity index (χ2v) is 14.8. The van der Waals surface area contributed by atoms with Crippen molar-refractivity contribution in [2.75, 3.05) is 23.9 Å². The van der Waals surface area contributed by atoms with E-state index < -0.39 is 135 Å². The number of anilines is 2. The molecule has 0 radical (unpaired) electrons. The zero-order valence-corrected chi connectivity index (χ0v) is 37.7. The molecule has 0 aliphatic heterocycles. The highest BCUT2D eigenvalue weighted by Crippen LogP contribution is 2.40. The van der Waals surface area contributed by atoms with Crippen LogP contribution in [0.5, 0.6) is 0 Å². The Morgan fingerprint density at radius 2 is 1.03 bits per heavy atom. The summed E-state index contributed by atoms with van der Waals surface area (Å²) >= 11 is 0. The van der Waals surface area contributed by atoms with Gasteiger partial charge in [-0.1, -0.05) is 42.5 Å². The second kappa shape index (κ2) is 25.0. The third-order valence-corrected chi connectivity index (χ3v) is 9.31. The average Bonchev–Trinajstić information content (AvgIpc) is 3.30. The molecule has 0 aliphatic carbocycles. The van der Waals surface area contributed by atoms with Crippen LogP contribution < -0.4 is 86.3 Å². The van der Waals surface area contributed by atoms with Gasteiger partial charge in [0, 0.05) is 38.5 Å². The van der Waals surface area contributed by atoms with E-state index in [1.54, 1.807) is 37.2 Å². The van der Waals surface area contributed by atoms with Gasteiger partial charge in [-0.2, -0.15) is 5.26 Å². The summed E-state index contributed by atoms with van der Waals surface area (Å²) in [6, 6.07) is 14.1. The van der Waals surface area contributed by atoms with Crippen molar-refractivity contribution >= 4 is 82.0 Å². The van der Waals surface area contributed by atoms with Crippen molar-refractivity contribution < 1.29 is 43.7 Å². The van der Waals surface area contributed by atoms with Crippen molar-refractivity contribution in [3.63, 3.8) is 0 Å². The summed E-state index contributed by atoms with van der Waals surface area (Å²) in [7, 11) is 3.45. The molecule has 0 heterocycles. The molecular formula is C38H49N23O11. The molecular weight excluding hydrogens is 955 g/mol. The van der Waals surface area contributed by atoms with Gasteiger partial charge in [-0.05, 0) is 23.3 Å². The van der Waals surface area contributed by atoms with E-state index in [2.05, 4.69) is 16.0 Å². The highest BCUT2D eigenvalue weighted by atomic mass is 16.6. The van der Waals surface area contributed by atoms with Crippen LogP contribution in [-0.2, 0) is 35.3 Å². The molecule has 0 bridgehead atoms. The predicted octanol–water partition coefficient (Wildman–Crippen LogP) is -6.19. The average molecular weight is 1000 g/mol. The lowest BCUT2D eigenvalue weighted by atomic mass is 10.1. The summed E-state index contributed by atoms with van der Waals surface area (Å²) in [6.45, 7) is -0.632. The third kappa shape index (κ3) is 15.8. The number of nitrogens with two attached hydrogens (primary N) is 5. The van der Waals surface area contributed by atoms with Gasteiger partial charge in [-0.3, -0.25) is 70.6 Å². The molecule has 34 nitrogen and oxygen atoms in total. The van der Waals surface area contributed by atoms with Crippen molar-refractivity contribution in [3.05, 3.63) is 104 Å². The smallest absolute Gasteiger partial charge is 0.301 e. The Bertz CT molecular complexity index is 2630. The fraction of sp³-hybridized carbons (Fsp3) is 0.237. The van der Waals surface area contributed by atoms with E-state index in [-0.39, 0.29) is 11.1 Å². The number of aliphatic hydroxyl groups is 1. The van der Waals surface area contributed by atoms with E-state index in [1.807, 2.05) is 31.9 Å². The lowest BCUT2D eigenvalue weighted by Gasteiger charge is -2.31. The van der Waals surface area contributed by atoms with Crippen LogP contribution in [0.4, 0.5) is 22.7 Å². The third-order valence-electron chi connectivity index (χ3n) is 9.31. The first-order valence-electron chi connectivity index (χ1n) is 20.1. The summed E-state index contributed by atoms with van der Waals surface area (Å²) in [5.74, 6) is -12.1. The van der Waals surface area contributed by atoms with Crippen molar-refractivity contribution in [3.8, 4) is 6.07 Å². The maximum atomic E-state index is 14.2. The molecule has 6 unspecified atom stereocenters. The normalized spacial score (nSPS) is 12.9. The first-order chi connectivity index (χ1) is 33.7. The van der Waals surface area contributed by atoms with Crippen LogP contribution in [0.25, 0.3) is 0 Å². The summed E-state index contributed by atoms with van der Waals surface area (Å²) < 4.78 is 0. The van der Waals surface area contributed by atoms with Gasteiger partial charge in [0.1, 0.15) is 6.04 Å². The summed E-state index contributed by atoms with van der Waals surface area (Å²) in [6.07, 6.45) is -10.9. The molecule has 3 rings (SSSR count). The Hall–Kier alpha value is -10.6. The summed E-state index contributed by atoms with van der Waals surface area (Å²) in [4.78, 5) is 106. The Morgan fingerprint density at radius 3 is 1.40 bits per heavy atom. The number of carbonyl (C=O) groups excluding carboxylic acids is 6. The Kier molecular flexibility index (Phi) is 19.3. The van der Waals surface area contributed by atoms with Gasteiger partial charge < -0.3 is 91.4 Å². The molecule has 0 saturated carbocycles. The van der Waals surface area contributed by atoms with Crippen molar-refractivity contribution in [2.24, 2.45) is 28.7 Å². The van der Waals surface area contributed by atoms with Crippen LogP contribution in [0.1, 0.15) is 22.7 Å². The Balaban J connectivity index is 2.06. The fourth-order valence-electron chi connectivity index (χ4n) is 6.13. The monoisotopic (exact) mass is 1000 g/mol. The molecule has 0 spiro atoms. The zero-order valence-electron chi connectivity index (χ0n) is 37.7. The van der Waals surface area contributed by atoms with Crippen LogP contribution in [-0.4, -0.2) is 119 Å². The van der Waals surface area contributed by atoms with Crippen molar-refractivity contribution in [1.82, 2.24) is 47.9 Å². The number of carbonyl (C=O) groups is 6. The molecule has 34 heteroatoms. The first-order valence-corrected chi connectivity index (χ1v) is 20.1. The number of nitriles is 1. The van der Waals surface area contributed by atoms with E-state index in [9.17, 15) is 59.4 Å².